The molecule has 0 aliphatic rings. The van der Waals surface area contributed by atoms with Gasteiger partial charge in [0.2, 0.25) is 5.91 Å². The Morgan fingerprint density at radius 3 is 2.04 bits per heavy atom. The second-order valence-electron chi connectivity index (χ2n) is 5.86. The van der Waals surface area contributed by atoms with Crippen LogP contribution in [0, 0.1) is 0 Å². The zero-order chi connectivity index (χ0) is 16.6. The number of nitrogens with zero attached hydrogens (tertiary/aromatic N) is 1. The molecule has 0 aliphatic carbocycles. The lowest BCUT2D eigenvalue weighted by Gasteiger charge is -2.19. The highest BCUT2D eigenvalue weighted by Gasteiger charge is 2.19. The number of aromatic nitrogens is 1. The molecule has 1 heterocycles. The molecule has 1 atom stereocenters. The molecule has 2 aromatic carbocycles. The summed E-state index contributed by atoms with van der Waals surface area (Å²) in [5.74, 6) is 0.0611. The Kier molecular flexibility index (Phi) is 5.46. The van der Waals surface area contributed by atoms with Crippen molar-refractivity contribution in [1.82, 2.24) is 9.88 Å². The Bertz CT molecular complexity index is 736. The third kappa shape index (κ3) is 4.35. The molecule has 122 valence electrons. The fourth-order valence-electron chi connectivity index (χ4n) is 2.82. The highest BCUT2D eigenvalue weighted by Crippen LogP contribution is 2.15. The molecule has 0 unspecified atom stereocenters. The summed E-state index contributed by atoms with van der Waals surface area (Å²) < 4.78 is 1.98. The average molecular weight is 318 g/mol. The van der Waals surface area contributed by atoms with Gasteiger partial charge < -0.3 is 9.88 Å². The number of hydrogen-bond acceptors (Lipinski definition) is 1. The molecule has 24 heavy (non-hydrogen) atoms. The fraction of sp³-hybridized carbons (Fsp3) is 0.190. The van der Waals surface area contributed by atoms with Crippen molar-refractivity contribution in [3.8, 4) is 0 Å². The van der Waals surface area contributed by atoms with Crippen molar-refractivity contribution in [2.45, 2.75) is 18.9 Å². The lowest BCUT2D eigenvalue weighted by Crippen LogP contribution is -2.34. The van der Waals surface area contributed by atoms with E-state index in [9.17, 15) is 4.79 Å². The number of benzene rings is 2. The van der Waals surface area contributed by atoms with Crippen molar-refractivity contribution < 1.29 is 4.79 Å². The van der Waals surface area contributed by atoms with Gasteiger partial charge in [-0.15, -0.1) is 0 Å². The number of amides is 1. The minimum absolute atomic E-state index is 0.0611. The number of rotatable bonds is 7. The highest BCUT2D eigenvalue weighted by atomic mass is 16.2. The van der Waals surface area contributed by atoms with Gasteiger partial charge in [-0.3, -0.25) is 4.79 Å². The highest BCUT2D eigenvalue weighted by molar-refractivity contribution is 5.80. The Hall–Kier alpha value is -2.81. The van der Waals surface area contributed by atoms with E-state index < -0.39 is 0 Å². The van der Waals surface area contributed by atoms with Crippen LogP contribution in [-0.2, 0) is 17.6 Å². The average Bonchev–Trinajstić information content (AvgIpc) is 3.16. The summed E-state index contributed by atoms with van der Waals surface area (Å²) >= 11 is 0. The van der Waals surface area contributed by atoms with E-state index in [0.717, 1.165) is 12.0 Å². The van der Waals surface area contributed by atoms with Gasteiger partial charge in [0.05, 0.1) is 0 Å². The van der Waals surface area contributed by atoms with Crippen LogP contribution in [0.15, 0.2) is 85.2 Å². The minimum atomic E-state index is -0.224. The van der Waals surface area contributed by atoms with Crippen LogP contribution in [0.4, 0.5) is 0 Å². The predicted octanol–water partition coefficient (Wildman–Crippen LogP) is 3.63. The lowest BCUT2D eigenvalue weighted by atomic mass is 10.0. The molecule has 3 aromatic rings. The lowest BCUT2D eigenvalue weighted by molar-refractivity contribution is -0.124. The minimum Gasteiger partial charge on any atom is -0.354 e. The molecule has 0 saturated carbocycles. The molecule has 1 amide bonds. The van der Waals surface area contributed by atoms with Crippen LogP contribution in [0.2, 0.25) is 0 Å². The van der Waals surface area contributed by atoms with Crippen molar-refractivity contribution in [2.24, 2.45) is 0 Å². The van der Waals surface area contributed by atoms with E-state index in [1.807, 2.05) is 65.5 Å². The Balaban J connectivity index is 1.63. The zero-order valence-corrected chi connectivity index (χ0v) is 13.6. The van der Waals surface area contributed by atoms with Crippen LogP contribution in [0.25, 0.3) is 0 Å². The second kappa shape index (κ2) is 8.16. The smallest absolute Gasteiger partial charge is 0.243 e. The first-order chi connectivity index (χ1) is 11.8. The van der Waals surface area contributed by atoms with Gasteiger partial charge in [0.15, 0.2) is 0 Å². The van der Waals surface area contributed by atoms with E-state index >= 15 is 0 Å². The molecule has 0 aliphatic heterocycles. The van der Waals surface area contributed by atoms with E-state index in [2.05, 4.69) is 29.6 Å². The summed E-state index contributed by atoms with van der Waals surface area (Å²) in [5.41, 5.74) is 2.40. The van der Waals surface area contributed by atoms with Crippen LogP contribution in [-0.4, -0.2) is 17.0 Å². The molecule has 0 bridgehead atoms. The molecular weight excluding hydrogens is 296 g/mol. The quantitative estimate of drug-likeness (QED) is 0.709. The van der Waals surface area contributed by atoms with Gasteiger partial charge in [-0.1, -0.05) is 60.7 Å². The fourth-order valence-corrected chi connectivity index (χ4v) is 2.82. The van der Waals surface area contributed by atoms with E-state index in [1.165, 1.54) is 5.56 Å². The maximum absolute atomic E-state index is 12.7. The van der Waals surface area contributed by atoms with Crippen LogP contribution in [0.1, 0.15) is 17.2 Å². The molecule has 3 rings (SSSR count). The first-order valence-corrected chi connectivity index (χ1v) is 8.31. The molecule has 1 aromatic heterocycles. The number of nitrogens with one attached hydrogen (secondary N) is 1. The number of carbonyl (C=O) groups is 1. The maximum atomic E-state index is 12.7. The van der Waals surface area contributed by atoms with Crippen molar-refractivity contribution in [2.75, 3.05) is 6.54 Å². The van der Waals surface area contributed by atoms with Crippen molar-refractivity contribution in [3.63, 3.8) is 0 Å². The van der Waals surface area contributed by atoms with Crippen LogP contribution in [0.3, 0.4) is 0 Å². The summed E-state index contributed by atoms with van der Waals surface area (Å²) in [6.07, 6.45) is 5.43. The van der Waals surface area contributed by atoms with Gasteiger partial charge in [0.25, 0.3) is 0 Å². The van der Waals surface area contributed by atoms with E-state index in [1.54, 1.807) is 0 Å². The van der Waals surface area contributed by atoms with Gasteiger partial charge in [0, 0.05) is 25.4 Å². The van der Waals surface area contributed by atoms with E-state index in [4.69, 9.17) is 0 Å². The largest absolute Gasteiger partial charge is 0.354 e. The van der Waals surface area contributed by atoms with Gasteiger partial charge >= 0.3 is 0 Å². The third-order valence-electron chi connectivity index (χ3n) is 4.12. The number of carbonyl (C=O) groups excluding carboxylic acids is 1. The van der Waals surface area contributed by atoms with Crippen LogP contribution < -0.4 is 5.32 Å². The van der Waals surface area contributed by atoms with Gasteiger partial charge in [-0.2, -0.15) is 0 Å². The van der Waals surface area contributed by atoms with Crippen molar-refractivity contribution in [1.29, 1.82) is 0 Å². The van der Waals surface area contributed by atoms with Crippen LogP contribution >= 0.6 is 0 Å². The zero-order valence-electron chi connectivity index (χ0n) is 13.6. The van der Waals surface area contributed by atoms with Gasteiger partial charge in [-0.05, 0) is 29.7 Å². The van der Waals surface area contributed by atoms with E-state index in [-0.39, 0.29) is 11.9 Å². The van der Waals surface area contributed by atoms with Gasteiger partial charge in [0.1, 0.15) is 6.04 Å². The summed E-state index contributed by atoms with van der Waals surface area (Å²) in [7, 11) is 0. The molecule has 0 spiro atoms. The monoisotopic (exact) mass is 318 g/mol. The third-order valence-corrected chi connectivity index (χ3v) is 4.12. The standard InChI is InChI=1S/C21H22N2O/c24-21(22-14-13-18-9-3-1-4-10-18)20(23-15-7-8-16-23)17-19-11-5-2-6-12-19/h1-12,15-16,20H,13-14,17H2,(H,22,24)/t20-/m1/s1. The number of hydrogen-bond donors (Lipinski definition) is 1. The molecule has 3 heteroatoms. The Morgan fingerprint density at radius 1 is 0.833 bits per heavy atom. The predicted molar refractivity (Wildman–Crippen MR) is 96.8 cm³/mol. The first-order valence-electron chi connectivity index (χ1n) is 8.31. The van der Waals surface area contributed by atoms with Crippen molar-refractivity contribution in [3.05, 3.63) is 96.3 Å². The second-order valence-corrected chi connectivity index (χ2v) is 5.86. The molecule has 3 nitrogen and oxygen atoms in total. The Morgan fingerprint density at radius 2 is 1.42 bits per heavy atom. The maximum Gasteiger partial charge on any atom is 0.243 e. The Labute approximate surface area is 143 Å². The first kappa shape index (κ1) is 16.1. The SMILES string of the molecule is O=C(NCCc1ccccc1)[C@@H](Cc1ccccc1)n1cccc1. The topological polar surface area (TPSA) is 34.0 Å². The molecular formula is C21H22N2O. The van der Waals surface area contributed by atoms with Gasteiger partial charge in [-0.25, -0.2) is 0 Å². The normalized spacial score (nSPS) is 11.8. The molecule has 0 saturated heterocycles. The molecule has 0 radical (unpaired) electrons. The molecule has 0 fully saturated rings. The summed E-state index contributed by atoms with van der Waals surface area (Å²) in [6.45, 7) is 0.648. The van der Waals surface area contributed by atoms with Crippen LogP contribution in [0.5, 0.6) is 0 Å². The van der Waals surface area contributed by atoms with E-state index in [0.29, 0.717) is 13.0 Å². The summed E-state index contributed by atoms with van der Waals surface area (Å²) in [4.78, 5) is 12.7. The summed E-state index contributed by atoms with van der Waals surface area (Å²) in [5, 5.41) is 3.08. The molecule has 1 N–H and O–H groups in total. The summed E-state index contributed by atoms with van der Waals surface area (Å²) in [6, 6.07) is 24.0. The van der Waals surface area contributed by atoms with Crippen molar-refractivity contribution >= 4 is 5.91 Å².